The molecule has 90 valence electrons. The Balaban J connectivity index is 1.72. The molecule has 0 radical (unpaired) electrons. The molecule has 0 aromatic heterocycles. The van der Waals surface area contributed by atoms with Gasteiger partial charge in [-0.3, -0.25) is 0 Å². The van der Waals surface area contributed by atoms with Gasteiger partial charge in [-0.05, 0) is 37.1 Å². The third kappa shape index (κ3) is 2.13. The molecule has 1 aromatic carbocycles. The van der Waals surface area contributed by atoms with Crippen molar-refractivity contribution in [2.45, 2.75) is 13.0 Å². The summed E-state index contributed by atoms with van der Waals surface area (Å²) < 4.78 is 0. The largest absolute Gasteiger partial charge is 0.322 e. The zero-order valence-electron chi connectivity index (χ0n) is 9.78. The van der Waals surface area contributed by atoms with Gasteiger partial charge in [0.1, 0.15) is 0 Å². The van der Waals surface area contributed by atoms with Crippen molar-refractivity contribution in [3.63, 3.8) is 0 Å². The van der Waals surface area contributed by atoms with Gasteiger partial charge in [-0.25, -0.2) is 4.79 Å². The van der Waals surface area contributed by atoms with Crippen molar-refractivity contribution in [1.29, 1.82) is 0 Å². The predicted octanol–water partition coefficient (Wildman–Crippen LogP) is 1.64. The molecule has 0 unspecified atom stereocenters. The number of urea groups is 1. The van der Waals surface area contributed by atoms with Gasteiger partial charge < -0.3 is 15.5 Å². The first-order valence-electron chi connectivity index (χ1n) is 6.17. The molecule has 1 atom stereocenters. The van der Waals surface area contributed by atoms with Crippen molar-refractivity contribution in [3.8, 4) is 0 Å². The average Bonchev–Trinajstić information content (AvgIpc) is 2.83. The van der Waals surface area contributed by atoms with E-state index in [1.807, 2.05) is 23.1 Å². The van der Waals surface area contributed by atoms with Gasteiger partial charge in [-0.1, -0.05) is 18.2 Å². The van der Waals surface area contributed by atoms with Crippen LogP contribution in [-0.4, -0.2) is 30.6 Å². The SMILES string of the molecule is O=C1Nc2ccccc2CN1C[C@H]1CCNC1. The standard InChI is InChI=1S/C13H17N3O/c17-13-15-12-4-2-1-3-11(12)9-16(13)8-10-5-6-14-7-10/h1-4,10,14H,5-9H2,(H,15,17)/t10-/m0/s1. The van der Waals surface area contributed by atoms with Gasteiger partial charge in [-0.15, -0.1) is 0 Å². The maximum atomic E-state index is 11.9. The van der Waals surface area contributed by atoms with Crippen molar-refractivity contribution >= 4 is 11.7 Å². The van der Waals surface area contributed by atoms with Crippen molar-refractivity contribution < 1.29 is 4.79 Å². The van der Waals surface area contributed by atoms with E-state index >= 15 is 0 Å². The van der Waals surface area contributed by atoms with Crippen LogP contribution < -0.4 is 10.6 Å². The molecule has 3 rings (SSSR count). The van der Waals surface area contributed by atoms with Gasteiger partial charge in [-0.2, -0.15) is 0 Å². The van der Waals surface area contributed by atoms with Crippen molar-refractivity contribution in [1.82, 2.24) is 10.2 Å². The highest BCUT2D eigenvalue weighted by Crippen LogP contribution is 2.24. The highest BCUT2D eigenvalue weighted by Gasteiger charge is 2.25. The first-order chi connectivity index (χ1) is 8.33. The minimum atomic E-state index is 0.0376. The number of rotatable bonds is 2. The van der Waals surface area contributed by atoms with Crippen LogP contribution >= 0.6 is 0 Å². The van der Waals surface area contributed by atoms with E-state index in [-0.39, 0.29) is 6.03 Å². The number of fused-ring (bicyclic) bond motifs is 1. The average molecular weight is 231 g/mol. The molecule has 17 heavy (non-hydrogen) atoms. The second kappa shape index (κ2) is 4.37. The van der Waals surface area contributed by atoms with Gasteiger partial charge in [0.2, 0.25) is 0 Å². The lowest BCUT2D eigenvalue weighted by Gasteiger charge is -2.31. The topological polar surface area (TPSA) is 44.4 Å². The van der Waals surface area contributed by atoms with Gasteiger partial charge in [0, 0.05) is 18.8 Å². The molecule has 2 N–H and O–H groups in total. The van der Waals surface area contributed by atoms with E-state index in [2.05, 4.69) is 16.7 Å². The number of benzene rings is 1. The highest BCUT2D eigenvalue weighted by atomic mass is 16.2. The highest BCUT2D eigenvalue weighted by molar-refractivity contribution is 5.92. The molecule has 2 heterocycles. The number of nitrogens with zero attached hydrogens (tertiary/aromatic N) is 1. The summed E-state index contributed by atoms with van der Waals surface area (Å²) in [6.45, 7) is 3.70. The molecule has 2 amide bonds. The predicted molar refractivity (Wildman–Crippen MR) is 66.8 cm³/mol. The summed E-state index contributed by atoms with van der Waals surface area (Å²) in [5.41, 5.74) is 2.16. The number of para-hydroxylation sites is 1. The van der Waals surface area contributed by atoms with Crippen LogP contribution in [0.15, 0.2) is 24.3 Å². The molecule has 4 nitrogen and oxygen atoms in total. The van der Waals surface area contributed by atoms with Crippen LogP contribution in [0.1, 0.15) is 12.0 Å². The molecule has 2 aliphatic rings. The van der Waals surface area contributed by atoms with Crippen LogP contribution in [0.5, 0.6) is 0 Å². The van der Waals surface area contributed by atoms with Gasteiger partial charge in [0.15, 0.2) is 0 Å². The second-order valence-electron chi connectivity index (χ2n) is 4.83. The fourth-order valence-electron chi connectivity index (χ4n) is 2.58. The number of amides is 2. The maximum absolute atomic E-state index is 11.9. The molecular formula is C13H17N3O. The molecule has 2 aliphatic heterocycles. The lowest BCUT2D eigenvalue weighted by Crippen LogP contribution is -2.41. The molecule has 0 saturated carbocycles. The molecule has 1 aromatic rings. The van der Waals surface area contributed by atoms with Gasteiger partial charge in [0.25, 0.3) is 0 Å². The summed E-state index contributed by atoms with van der Waals surface area (Å²) in [6.07, 6.45) is 1.17. The Morgan fingerprint density at radius 2 is 2.24 bits per heavy atom. The normalized spacial score (nSPS) is 23.4. The molecular weight excluding hydrogens is 214 g/mol. The lowest BCUT2D eigenvalue weighted by molar-refractivity contribution is 0.197. The number of hydrogen-bond donors (Lipinski definition) is 2. The molecule has 1 fully saturated rings. The molecule has 0 bridgehead atoms. The Morgan fingerprint density at radius 3 is 3.06 bits per heavy atom. The van der Waals surface area contributed by atoms with Crippen LogP contribution in [0.2, 0.25) is 0 Å². The third-order valence-corrected chi connectivity index (χ3v) is 3.55. The fourth-order valence-corrected chi connectivity index (χ4v) is 2.58. The van der Waals surface area contributed by atoms with Crippen molar-refractivity contribution in [3.05, 3.63) is 29.8 Å². The van der Waals surface area contributed by atoms with E-state index in [1.165, 1.54) is 12.0 Å². The zero-order chi connectivity index (χ0) is 11.7. The third-order valence-electron chi connectivity index (χ3n) is 3.55. The van der Waals surface area contributed by atoms with Crippen LogP contribution in [0.4, 0.5) is 10.5 Å². The van der Waals surface area contributed by atoms with Crippen LogP contribution in [0, 0.1) is 5.92 Å². The summed E-state index contributed by atoms with van der Waals surface area (Å²) in [7, 11) is 0. The summed E-state index contributed by atoms with van der Waals surface area (Å²) in [5.74, 6) is 0.603. The zero-order valence-corrected chi connectivity index (χ0v) is 9.78. The van der Waals surface area contributed by atoms with Gasteiger partial charge >= 0.3 is 6.03 Å². The summed E-state index contributed by atoms with van der Waals surface area (Å²) in [6, 6.07) is 8.05. The fraction of sp³-hybridized carbons (Fsp3) is 0.462. The van der Waals surface area contributed by atoms with Crippen molar-refractivity contribution in [2.75, 3.05) is 25.0 Å². The minimum absolute atomic E-state index is 0.0376. The monoisotopic (exact) mass is 231 g/mol. The Kier molecular flexibility index (Phi) is 2.73. The van der Waals surface area contributed by atoms with E-state index in [4.69, 9.17) is 0 Å². The van der Waals surface area contributed by atoms with Crippen LogP contribution in [-0.2, 0) is 6.54 Å². The van der Waals surface area contributed by atoms with E-state index in [0.29, 0.717) is 5.92 Å². The number of nitrogens with one attached hydrogen (secondary N) is 2. The van der Waals surface area contributed by atoms with E-state index in [9.17, 15) is 4.79 Å². The Bertz CT molecular complexity index is 426. The Morgan fingerprint density at radius 1 is 1.35 bits per heavy atom. The quantitative estimate of drug-likeness (QED) is 0.812. The molecule has 1 saturated heterocycles. The summed E-state index contributed by atoms with van der Waals surface area (Å²) in [5, 5.41) is 6.29. The molecule has 0 aliphatic carbocycles. The number of hydrogen-bond acceptors (Lipinski definition) is 2. The minimum Gasteiger partial charge on any atom is -0.320 e. The van der Waals surface area contributed by atoms with Crippen LogP contribution in [0.3, 0.4) is 0 Å². The lowest BCUT2D eigenvalue weighted by atomic mass is 10.1. The smallest absolute Gasteiger partial charge is 0.320 e. The van der Waals surface area contributed by atoms with Gasteiger partial charge in [0.05, 0.1) is 0 Å². The molecule has 0 spiro atoms. The van der Waals surface area contributed by atoms with E-state index < -0.39 is 0 Å². The van der Waals surface area contributed by atoms with E-state index in [0.717, 1.165) is 31.9 Å². The first-order valence-corrected chi connectivity index (χ1v) is 6.17. The van der Waals surface area contributed by atoms with Crippen LogP contribution in [0.25, 0.3) is 0 Å². The first kappa shape index (κ1) is 10.6. The van der Waals surface area contributed by atoms with Crippen molar-refractivity contribution in [2.24, 2.45) is 5.92 Å². The number of carbonyl (C=O) groups is 1. The second-order valence-corrected chi connectivity index (χ2v) is 4.83. The summed E-state index contributed by atoms with van der Waals surface area (Å²) >= 11 is 0. The number of carbonyl (C=O) groups excluding carboxylic acids is 1. The summed E-state index contributed by atoms with van der Waals surface area (Å²) in [4.78, 5) is 13.9. The Hall–Kier alpha value is -1.55. The Labute approximate surface area is 101 Å². The van der Waals surface area contributed by atoms with E-state index in [1.54, 1.807) is 0 Å². The maximum Gasteiger partial charge on any atom is 0.322 e. The number of anilines is 1. The molecule has 4 heteroatoms.